The zero-order chi connectivity index (χ0) is 14.3. The lowest BCUT2D eigenvalue weighted by Crippen LogP contribution is -2.32. The topological polar surface area (TPSA) is 107 Å². The summed E-state index contributed by atoms with van der Waals surface area (Å²) in [5, 5.41) is 26.6. The van der Waals surface area contributed by atoms with Crippen molar-refractivity contribution in [2.45, 2.75) is 12.5 Å². The molecule has 0 fully saturated rings. The normalized spacial score (nSPS) is 11.0. The van der Waals surface area contributed by atoms with Crippen LogP contribution in [0, 0.1) is 0 Å². The number of carboxylic acids is 1. The van der Waals surface area contributed by atoms with Gasteiger partial charge in [-0.25, -0.2) is 0 Å². The molecule has 0 aromatic heterocycles. The Morgan fingerprint density at radius 1 is 1.10 bits per heavy atom. The zero-order valence-electron chi connectivity index (χ0n) is 11.5. The van der Waals surface area contributed by atoms with Crippen LogP contribution in [-0.2, 0) is 11.2 Å². The van der Waals surface area contributed by atoms with Gasteiger partial charge in [-0.15, -0.1) is 24.8 Å². The van der Waals surface area contributed by atoms with Gasteiger partial charge in [0.1, 0.15) is 6.04 Å². The molecule has 0 saturated heterocycles. The van der Waals surface area contributed by atoms with Crippen molar-refractivity contribution in [2.75, 3.05) is 31.2 Å². The van der Waals surface area contributed by atoms with Gasteiger partial charge in [0.05, 0.1) is 13.2 Å². The molecule has 0 heterocycles. The van der Waals surface area contributed by atoms with Crippen LogP contribution in [0.25, 0.3) is 0 Å². The highest BCUT2D eigenvalue weighted by Crippen LogP contribution is 2.15. The maximum atomic E-state index is 10.7. The van der Waals surface area contributed by atoms with E-state index in [1.54, 1.807) is 12.1 Å². The van der Waals surface area contributed by atoms with Gasteiger partial charge in [0.15, 0.2) is 0 Å². The molecule has 0 radical (unpaired) electrons. The molecule has 122 valence electrons. The van der Waals surface area contributed by atoms with Gasteiger partial charge in [0, 0.05) is 18.8 Å². The fraction of sp³-hybridized carbons (Fsp3) is 0.462. The van der Waals surface area contributed by atoms with Crippen LogP contribution in [0.15, 0.2) is 24.3 Å². The number of nitrogens with two attached hydrogens (primary N) is 1. The Bertz CT molecular complexity index is 398. The number of benzene rings is 1. The molecule has 0 saturated carbocycles. The van der Waals surface area contributed by atoms with Gasteiger partial charge in [0.25, 0.3) is 0 Å². The minimum absolute atomic E-state index is 0. The third-order valence-corrected chi connectivity index (χ3v) is 2.81. The van der Waals surface area contributed by atoms with Crippen molar-refractivity contribution in [1.82, 2.24) is 0 Å². The van der Waals surface area contributed by atoms with Crippen LogP contribution >= 0.6 is 24.8 Å². The lowest BCUT2D eigenvalue weighted by molar-refractivity contribution is -0.138. The van der Waals surface area contributed by atoms with Crippen molar-refractivity contribution >= 4 is 36.5 Å². The Labute approximate surface area is 136 Å². The number of hydrogen-bond acceptors (Lipinski definition) is 5. The summed E-state index contributed by atoms with van der Waals surface area (Å²) in [5.41, 5.74) is 7.18. The van der Waals surface area contributed by atoms with Gasteiger partial charge < -0.3 is 26.0 Å². The number of anilines is 1. The smallest absolute Gasteiger partial charge is 0.320 e. The summed E-state index contributed by atoms with van der Waals surface area (Å²) in [5.74, 6) is -1.02. The summed E-state index contributed by atoms with van der Waals surface area (Å²) in [7, 11) is 0. The predicted molar refractivity (Wildman–Crippen MR) is 86.6 cm³/mol. The maximum absolute atomic E-state index is 10.7. The maximum Gasteiger partial charge on any atom is 0.320 e. The van der Waals surface area contributed by atoms with Crippen molar-refractivity contribution in [1.29, 1.82) is 0 Å². The van der Waals surface area contributed by atoms with E-state index in [1.165, 1.54) is 0 Å². The Balaban J connectivity index is 0. The SMILES string of the molecule is Cl.Cl.N[C@@H](Cc1ccc(N(CCO)CCO)cc1)C(=O)O. The number of carbonyl (C=O) groups is 1. The van der Waals surface area contributed by atoms with E-state index in [-0.39, 0.29) is 44.4 Å². The van der Waals surface area contributed by atoms with E-state index in [9.17, 15) is 4.79 Å². The second kappa shape index (κ2) is 11.6. The van der Waals surface area contributed by atoms with E-state index in [0.29, 0.717) is 13.1 Å². The molecule has 5 N–H and O–H groups in total. The number of aliphatic hydroxyl groups is 2. The highest BCUT2D eigenvalue weighted by atomic mass is 35.5. The molecule has 0 aliphatic rings. The lowest BCUT2D eigenvalue weighted by atomic mass is 10.1. The van der Waals surface area contributed by atoms with Crippen LogP contribution in [0.4, 0.5) is 5.69 Å². The highest BCUT2D eigenvalue weighted by molar-refractivity contribution is 5.85. The summed E-state index contributed by atoms with van der Waals surface area (Å²) in [6.45, 7) is 0.889. The number of aliphatic carboxylic acids is 1. The van der Waals surface area contributed by atoms with Gasteiger partial charge in [-0.3, -0.25) is 4.79 Å². The number of rotatable bonds is 8. The minimum Gasteiger partial charge on any atom is -0.480 e. The number of halogens is 2. The van der Waals surface area contributed by atoms with Crippen molar-refractivity contribution in [3.05, 3.63) is 29.8 Å². The fourth-order valence-electron chi connectivity index (χ4n) is 1.80. The van der Waals surface area contributed by atoms with Gasteiger partial charge in [-0.1, -0.05) is 12.1 Å². The van der Waals surface area contributed by atoms with E-state index >= 15 is 0 Å². The second-order valence-corrected chi connectivity index (χ2v) is 4.25. The first-order valence-corrected chi connectivity index (χ1v) is 6.12. The molecule has 0 aliphatic heterocycles. The van der Waals surface area contributed by atoms with Crippen LogP contribution in [0.5, 0.6) is 0 Å². The quantitative estimate of drug-likeness (QED) is 0.541. The molecule has 0 amide bonds. The van der Waals surface area contributed by atoms with Crippen LogP contribution in [0.2, 0.25) is 0 Å². The van der Waals surface area contributed by atoms with E-state index in [2.05, 4.69) is 0 Å². The van der Waals surface area contributed by atoms with Gasteiger partial charge in [-0.05, 0) is 24.1 Å². The lowest BCUT2D eigenvalue weighted by Gasteiger charge is -2.23. The average Bonchev–Trinajstić information content (AvgIpc) is 2.39. The molecule has 0 bridgehead atoms. The molecule has 1 rings (SSSR count). The Kier molecular flexibility index (Phi) is 12.3. The molecule has 21 heavy (non-hydrogen) atoms. The molecule has 8 heteroatoms. The monoisotopic (exact) mass is 340 g/mol. The number of carboxylic acid groups (broad SMARTS) is 1. The molecular weight excluding hydrogens is 319 g/mol. The molecule has 1 aromatic rings. The van der Waals surface area contributed by atoms with Crippen LogP contribution < -0.4 is 10.6 Å². The average molecular weight is 341 g/mol. The number of aliphatic hydroxyl groups excluding tert-OH is 2. The van der Waals surface area contributed by atoms with Crippen molar-refractivity contribution in [3.63, 3.8) is 0 Å². The summed E-state index contributed by atoms with van der Waals surface area (Å²) >= 11 is 0. The summed E-state index contributed by atoms with van der Waals surface area (Å²) in [6.07, 6.45) is 0.273. The predicted octanol–water partition coefficient (Wildman–Crippen LogP) is 0.276. The number of hydrogen-bond donors (Lipinski definition) is 4. The molecule has 0 aliphatic carbocycles. The van der Waals surface area contributed by atoms with E-state index in [1.807, 2.05) is 17.0 Å². The first-order chi connectivity index (χ1) is 9.08. The largest absolute Gasteiger partial charge is 0.480 e. The Morgan fingerprint density at radius 2 is 1.57 bits per heavy atom. The molecule has 0 spiro atoms. The van der Waals surface area contributed by atoms with Crippen molar-refractivity contribution in [3.8, 4) is 0 Å². The Hall–Kier alpha value is -1.05. The van der Waals surface area contributed by atoms with Crippen molar-refractivity contribution in [2.24, 2.45) is 5.73 Å². The molecule has 1 aromatic carbocycles. The van der Waals surface area contributed by atoms with Crippen LogP contribution in [-0.4, -0.2) is 53.6 Å². The minimum atomic E-state index is -1.02. The molecule has 6 nitrogen and oxygen atoms in total. The van der Waals surface area contributed by atoms with Crippen LogP contribution in [0.1, 0.15) is 5.56 Å². The van der Waals surface area contributed by atoms with Gasteiger partial charge in [-0.2, -0.15) is 0 Å². The second-order valence-electron chi connectivity index (χ2n) is 4.25. The Morgan fingerprint density at radius 3 is 1.95 bits per heavy atom. The summed E-state index contributed by atoms with van der Waals surface area (Å²) in [4.78, 5) is 12.5. The zero-order valence-corrected chi connectivity index (χ0v) is 13.1. The van der Waals surface area contributed by atoms with Gasteiger partial charge >= 0.3 is 5.97 Å². The molecule has 0 unspecified atom stereocenters. The first kappa shape index (κ1) is 22.2. The third kappa shape index (κ3) is 7.50. The first-order valence-electron chi connectivity index (χ1n) is 6.12. The molecular formula is C13H22Cl2N2O4. The number of nitrogens with zero attached hydrogens (tertiary/aromatic N) is 1. The van der Waals surface area contributed by atoms with Crippen LogP contribution in [0.3, 0.4) is 0 Å². The third-order valence-electron chi connectivity index (χ3n) is 2.81. The van der Waals surface area contributed by atoms with E-state index in [0.717, 1.165) is 11.3 Å². The summed E-state index contributed by atoms with van der Waals surface area (Å²) in [6, 6.07) is 6.36. The van der Waals surface area contributed by atoms with E-state index in [4.69, 9.17) is 21.1 Å². The summed E-state index contributed by atoms with van der Waals surface area (Å²) < 4.78 is 0. The standard InChI is InChI=1S/C13H20N2O4.2ClH/c14-12(13(18)19)9-10-1-3-11(4-2-10)15(5-7-16)6-8-17;;/h1-4,12,16-17H,5-9,14H2,(H,18,19);2*1H/t12-;;/m0../s1. The van der Waals surface area contributed by atoms with Gasteiger partial charge in [0.2, 0.25) is 0 Å². The van der Waals surface area contributed by atoms with E-state index < -0.39 is 12.0 Å². The van der Waals surface area contributed by atoms with Crippen molar-refractivity contribution < 1.29 is 20.1 Å². The fourth-order valence-corrected chi connectivity index (χ4v) is 1.80. The highest BCUT2D eigenvalue weighted by Gasteiger charge is 2.12. The molecule has 1 atom stereocenters.